The van der Waals surface area contributed by atoms with Crippen molar-refractivity contribution in [3.63, 3.8) is 0 Å². The highest BCUT2D eigenvalue weighted by Crippen LogP contribution is 2.34. The first-order valence-electron chi connectivity index (χ1n) is 9.30. The monoisotopic (exact) mass is 457 g/mol. The summed E-state index contributed by atoms with van der Waals surface area (Å²) in [6.07, 6.45) is 0. The minimum Gasteiger partial charge on any atom is -0.338 e. The minimum absolute atomic E-state index is 0.252. The lowest BCUT2D eigenvalue weighted by Gasteiger charge is -2.14. The number of rotatable bonds is 6. The van der Waals surface area contributed by atoms with Crippen LogP contribution in [0.1, 0.15) is 12.6 Å². The molecule has 0 fully saturated rings. The number of benzene rings is 2. The fraction of sp³-hybridized carbons (Fsp3) is 0.143. The Morgan fingerprint density at radius 3 is 2.65 bits per heavy atom. The molecule has 10 heteroatoms. The third-order valence-electron chi connectivity index (χ3n) is 4.37. The van der Waals surface area contributed by atoms with E-state index >= 15 is 0 Å². The summed E-state index contributed by atoms with van der Waals surface area (Å²) in [4.78, 5) is 12.6. The lowest BCUT2D eigenvalue weighted by molar-refractivity contribution is -0.115. The molecular formula is C21H17ClFN5O2S. The molecule has 0 aliphatic rings. The third-order valence-corrected chi connectivity index (χ3v) is 5.74. The average molecular weight is 458 g/mol. The summed E-state index contributed by atoms with van der Waals surface area (Å²) in [7, 11) is 0. The van der Waals surface area contributed by atoms with Crippen LogP contribution in [0, 0.1) is 12.7 Å². The van der Waals surface area contributed by atoms with Gasteiger partial charge in [-0.15, -0.1) is 10.2 Å². The Bertz CT molecular complexity index is 1240. The number of hydrogen-bond acceptors (Lipinski definition) is 6. The lowest BCUT2D eigenvalue weighted by Crippen LogP contribution is -2.22. The summed E-state index contributed by atoms with van der Waals surface area (Å²) in [5, 5.41) is 15.1. The van der Waals surface area contributed by atoms with Crippen LogP contribution in [0.25, 0.3) is 17.1 Å². The average Bonchev–Trinajstić information content (AvgIpc) is 3.34. The van der Waals surface area contributed by atoms with Crippen LogP contribution < -0.4 is 5.32 Å². The maximum atomic E-state index is 14.7. The van der Waals surface area contributed by atoms with Crippen LogP contribution in [0.2, 0.25) is 5.02 Å². The first kappa shape index (κ1) is 21.1. The van der Waals surface area contributed by atoms with Crippen molar-refractivity contribution < 1.29 is 13.7 Å². The van der Waals surface area contributed by atoms with E-state index in [0.717, 1.165) is 11.8 Å². The van der Waals surface area contributed by atoms with Crippen molar-refractivity contribution in [1.82, 2.24) is 19.9 Å². The number of amides is 1. The highest BCUT2D eigenvalue weighted by molar-refractivity contribution is 8.00. The molecule has 158 valence electrons. The molecule has 2 aromatic heterocycles. The van der Waals surface area contributed by atoms with Gasteiger partial charge >= 0.3 is 0 Å². The standard InChI is InChI=1S/C21H17ClFN5O2S/c1-12-11-18(30-27-12)24-20(29)13(2)31-21-26-25-19(14-7-3-4-8-15(14)22)28(21)17-10-6-5-9-16(17)23/h3-11,13H,1-2H3,(H,24,29). The Morgan fingerprint density at radius 2 is 1.94 bits per heavy atom. The van der Waals surface area contributed by atoms with Crippen LogP contribution in [-0.4, -0.2) is 31.1 Å². The Balaban J connectivity index is 1.70. The molecule has 0 saturated heterocycles. The Labute approximate surface area is 186 Å². The topological polar surface area (TPSA) is 85.8 Å². The molecule has 4 rings (SSSR count). The number of carbonyl (C=O) groups excluding carboxylic acids is 1. The lowest BCUT2D eigenvalue weighted by atomic mass is 10.2. The number of aromatic nitrogens is 4. The molecule has 0 aliphatic carbocycles. The van der Waals surface area contributed by atoms with Crippen molar-refractivity contribution in [1.29, 1.82) is 0 Å². The van der Waals surface area contributed by atoms with Crippen LogP contribution in [-0.2, 0) is 4.79 Å². The van der Waals surface area contributed by atoms with Gasteiger partial charge in [0, 0.05) is 11.6 Å². The number of anilines is 1. The van der Waals surface area contributed by atoms with Crippen LogP contribution in [0.5, 0.6) is 0 Å². The molecule has 0 aliphatic heterocycles. The van der Waals surface area contributed by atoms with Gasteiger partial charge in [-0.3, -0.25) is 14.7 Å². The van der Waals surface area contributed by atoms with Crippen molar-refractivity contribution >= 4 is 35.2 Å². The van der Waals surface area contributed by atoms with Gasteiger partial charge in [0.25, 0.3) is 0 Å². The molecule has 1 amide bonds. The minimum atomic E-state index is -0.584. The second-order valence-electron chi connectivity index (χ2n) is 6.65. The maximum Gasteiger partial charge on any atom is 0.240 e. The molecule has 1 unspecified atom stereocenters. The van der Waals surface area contributed by atoms with E-state index in [1.54, 1.807) is 60.9 Å². The van der Waals surface area contributed by atoms with Gasteiger partial charge < -0.3 is 4.52 Å². The first-order valence-corrected chi connectivity index (χ1v) is 10.6. The van der Waals surface area contributed by atoms with Gasteiger partial charge in [0.15, 0.2) is 11.0 Å². The van der Waals surface area contributed by atoms with Crippen molar-refractivity contribution in [3.05, 3.63) is 71.1 Å². The van der Waals surface area contributed by atoms with Gasteiger partial charge in [-0.2, -0.15) is 0 Å². The van der Waals surface area contributed by atoms with E-state index in [0.29, 0.717) is 27.3 Å². The SMILES string of the molecule is Cc1cc(NC(=O)C(C)Sc2nnc(-c3ccccc3Cl)n2-c2ccccc2F)on1. The smallest absolute Gasteiger partial charge is 0.240 e. The zero-order valence-electron chi connectivity index (χ0n) is 16.5. The van der Waals surface area contributed by atoms with Gasteiger partial charge in [-0.1, -0.05) is 52.8 Å². The van der Waals surface area contributed by atoms with Gasteiger partial charge in [0.05, 0.1) is 21.7 Å². The fourth-order valence-corrected chi connectivity index (χ4v) is 3.95. The number of aryl methyl sites for hydroxylation is 1. The van der Waals surface area contributed by atoms with Crippen molar-refractivity contribution in [2.24, 2.45) is 0 Å². The zero-order valence-corrected chi connectivity index (χ0v) is 18.1. The van der Waals surface area contributed by atoms with Crippen LogP contribution >= 0.6 is 23.4 Å². The molecule has 2 aromatic carbocycles. The summed E-state index contributed by atoms with van der Waals surface area (Å²) in [5.74, 6) is -0.144. The number of para-hydroxylation sites is 1. The Hall–Kier alpha value is -3.17. The second-order valence-corrected chi connectivity index (χ2v) is 8.37. The maximum absolute atomic E-state index is 14.7. The summed E-state index contributed by atoms with van der Waals surface area (Å²) in [6.45, 7) is 3.46. The molecule has 4 aromatic rings. The van der Waals surface area contributed by atoms with Crippen LogP contribution in [0.3, 0.4) is 0 Å². The van der Waals surface area contributed by atoms with Crippen LogP contribution in [0.15, 0.2) is 64.3 Å². The van der Waals surface area contributed by atoms with Crippen molar-refractivity contribution in [2.75, 3.05) is 5.32 Å². The highest BCUT2D eigenvalue weighted by atomic mass is 35.5. The molecule has 0 bridgehead atoms. The predicted molar refractivity (Wildman–Crippen MR) is 117 cm³/mol. The summed E-state index contributed by atoms with van der Waals surface area (Å²) in [6, 6.07) is 15.0. The largest absolute Gasteiger partial charge is 0.338 e. The van der Waals surface area contributed by atoms with Crippen molar-refractivity contribution in [2.45, 2.75) is 24.3 Å². The number of carbonyl (C=O) groups is 1. The molecular weight excluding hydrogens is 441 g/mol. The number of thioether (sulfide) groups is 1. The number of hydrogen-bond donors (Lipinski definition) is 1. The molecule has 0 radical (unpaired) electrons. The highest BCUT2D eigenvalue weighted by Gasteiger charge is 2.24. The molecule has 1 N–H and O–H groups in total. The Kier molecular flexibility index (Phi) is 6.06. The van der Waals surface area contributed by atoms with Crippen LogP contribution in [0.4, 0.5) is 10.3 Å². The molecule has 0 spiro atoms. The van der Waals surface area contributed by atoms with Crippen molar-refractivity contribution in [3.8, 4) is 17.1 Å². The quantitative estimate of drug-likeness (QED) is 0.403. The molecule has 7 nitrogen and oxygen atoms in total. The van der Waals surface area contributed by atoms with E-state index in [-0.39, 0.29) is 17.5 Å². The van der Waals surface area contributed by atoms with E-state index in [1.807, 2.05) is 6.07 Å². The fourth-order valence-electron chi connectivity index (χ4n) is 2.87. The summed E-state index contributed by atoms with van der Waals surface area (Å²) < 4.78 is 21.3. The van der Waals surface area contributed by atoms with E-state index in [9.17, 15) is 9.18 Å². The van der Waals surface area contributed by atoms with E-state index < -0.39 is 11.1 Å². The summed E-state index contributed by atoms with van der Waals surface area (Å²) in [5.41, 5.74) is 1.50. The summed E-state index contributed by atoms with van der Waals surface area (Å²) >= 11 is 7.49. The second kappa shape index (κ2) is 8.91. The van der Waals surface area contributed by atoms with Gasteiger partial charge in [0.1, 0.15) is 5.82 Å². The predicted octanol–water partition coefficient (Wildman–Crippen LogP) is 5.14. The first-order chi connectivity index (χ1) is 14.9. The molecule has 31 heavy (non-hydrogen) atoms. The van der Waals surface area contributed by atoms with E-state index in [4.69, 9.17) is 16.1 Å². The normalized spacial score (nSPS) is 12.0. The van der Waals surface area contributed by atoms with Gasteiger partial charge in [-0.05, 0) is 38.1 Å². The van der Waals surface area contributed by atoms with E-state index in [1.165, 1.54) is 6.07 Å². The number of halogens is 2. The van der Waals surface area contributed by atoms with Gasteiger partial charge in [0.2, 0.25) is 11.8 Å². The van der Waals surface area contributed by atoms with Gasteiger partial charge in [-0.25, -0.2) is 4.39 Å². The molecule has 1 atom stereocenters. The van der Waals surface area contributed by atoms with E-state index in [2.05, 4.69) is 20.7 Å². The number of nitrogens with zero attached hydrogens (tertiary/aromatic N) is 4. The molecule has 0 saturated carbocycles. The number of nitrogens with one attached hydrogen (secondary N) is 1. The molecule has 2 heterocycles. The third kappa shape index (κ3) is 4.47. The zero-order chi connectivity index (χ0) is 22.0. The Morgan fingerprint density at radius 1 is 1.19 bits per heavy atom.